The summed E-state index contributed by atoms with van der Waals surface area (Å²) >= 11 is 0. The molecule has 4 nitrogen and oxygen atoms in total. The van der Waals surface area contributed by atoms with Gasteiger partial charge in [0.15, 0.2) is 0 Å². The lowest BCUT2D eigenvalue weighted by atomic mass is 10.1. The van der Waals surface area contributed by atoms with E-state index in [4.69, 9.17) is 0 Å². The number of phenolic OH excluding ortho intramolecular Hbond substituents is 1. The smallest absolute Gasteiger partial charge is 0.275 e. The normalized spacial score (nSPS) is 10.9. The Morgan fingerprint density at radius 1 is 1.33 bits per heavy atom. The molecule has 2 rings (SSSR count). The van der Waals surface area contributed by atoms with Crippen LogP contribution >= 0.6 is 0 Å². The minimum absolute atomic E-state index is 0.0436. The second-order valence-corrected chi connectivity index (χ2v) is 3.88. The van der Waals surface area contributed by atoms with Crippen LogP contribution in [0.1, 0.15) is 23.7 Å². The highest BCUT2D eigenvalue weighted by Crippen LogP contribution is 2.24. The second-order valence-electron chi connectivity index (χ2n) is 3.88. The number of amides is 1. The Balaban J connectivity index is 2.35. The summed E-state index contributed by atoms with van der Waals surface area (Å²) in [5, 5.41) is 15.4. The first-order chi connectivity index (χ1) is 8.72. The van der Waals surface area contributed by atoms with E-state index in [-0.39, 0.29) is 11.3 Å². The highest BCUT2D eigenvalue weighted by atomic mass is 16.3. The lowest BCUT2D eigenvalue weighted by molar-refractivity contribution is 0.0952. The van der Waals surface area contributed by atoms with Crippen molar-refractivity contribution in [2.45, 2.75) is 13.3 Å². The molecule has 0 atom stereocenters. The van der Waals surface area contributed by atoms with Crippen LogP contribution in [0.15, 0.2) is 41.5 Å². The lowest BCUT2D eigenvalue weighted by Crippen LogP contribution is -2.17. The van der Waals surface area contributed by atoms with Gasteiger partial charge in [-0.15, -0.1) is 0 Å². The molecule has 4 heteroatoms. The fraction of sp³-hybridized carbons (Fsp3) is 0.143. The van der Waals surface area contributed by atoms with Gasteiger partial charge in [-0.3, -0.25) is 4.79 Å². The van der Waals surface area contributed by atoms with Crippen LogP contribution in [-0.2, 0) is 0 Å². The molecule has 0 aliphatic heterocycles. The fourth-order valence-corrected chi connectivity index (χ4v) is 1.67. The molecule has 0 aliphatic carbocycles. The molecule has 2 N–H and O–H groups in total. The van der Waals surface area contributed by atoms with E-state index in [2.05, 4.69) is 10.5 Å². The molecular weight excluding hydrogens is 228 g/mol. The van der Waals surface area contributed by atoms with Gasteiger partial charge in [-0.25, -0.2) is 5.43 Å². The van der Waals surface area contributed by atoms with E-state index in [1.165, 1.54) is 0 Å². The third kappa shape index (κ3) is 2.48. The average Bonchev–Trinajstić information content (AvgIpc) is 2.38. The van der Waals surface area contributed by atoms with Crippen LogP contribution in [0.4, 0.5) is 0 Å². The van der Waals surface area contributed by atoms with Gasteiger partial charge in [0.1, 0.15) is 5.75 Å². The van der Waals surface area contributed by atoms with Crippen molar-refractivity contribution < 1.29 is 9.90 Å². The van der Waals surface area contributed by atoms with Gasteiger partial charge in [-0.05, 0) is 29.3 Å². The van der Waals surface area contributed by atoms with Crippen LogP contribution in [-0.4, -0.2) is 17.2 Å². The maximum atomic E-state index is 11.8. The number of hydrogen-bond donors (Lipinski definition) is 2. The number of carbonyl (C=O) groups is 1. The van der Waals surface area contributed by atoms with E-state index in [1.54, 1.807) is 18.3 Å². The summed E-state index contributed by atoms with van der Waals surface area (Å²) in [5.74, 6) is -0.458. The van der Waals surface area contributed by atoms with Crippen LogP contribution in [0.3, 0.4) is 0 Å². The van der Waals surface area contributed by atoms with Crippen LogP contribution in [0.25, 0.3) is 10.8 Å². The molecule has 18 heavy (non-hydrogen) atoms. The van der Waals surface area contributed by atoms with Crippen molar-refractivity contribution in [3.05, 3.63) is 42.0 Å². The number of hydrazone groups is 1. The topological polar surface area (TPSA) is 61.7 Å². The van der Waals surface area contributed by atoms with Crippen molar-refractivity contribution in [2.24, 2.45) is 5.10 Å². The second kappa shape index (κ2) is 5.31. The lowest BCUT2D eigenvalue weighted by Gasteiger charge is -2.05. The third-order valence-electron chi connectivity index (χ3n) is 2.55. The van der Waals surface area contributed by atoms with Gasteiger partial charge >= 0.3 is 0 Å². The number of hydrogen-bond acceptors (Lipinski definition) is 3. The molecule has 0 aromatic heterocycles. The standard InChI is InChI=1S/C14H14N2O2/c1-2-7-15-16-14(18)12-8-10-5-3-4-6-11(10)9-13(12)17/h3-9,17H,2H2,1H3,(H,16,18)/b15-7-. The molecule has 0 bridgehead atoms. The Morgan fingerprint density at radius 2 is 2.00 bits per heavy atom. The first-order valence-electron chi connectivity index (χ1n) is 5.76. The van der Waals surface area contributed by atoms with Crippen molar-refractivity contribution in [2.75, 3.05) is 0 Å². The van der Waals surface area contributed by atoms with E-state index in [0.717, 1.165) is 17.2 Å². The van der Waals surface area contributed by atoms with Gasteiger partial charge in [-0.2, -0.15) is 5.10 Å². The number of aromatic hydroxyl groups is 1. The van der Waals surface area contributed by atoms with Gasteiger partial charge < -0.3 is 5.11 Å². The fourth-order valence-electron chi connectivity index (χ4n) is 1.67. The summed E-state index contributed by atoms with van der Waals surface area (Å²) in [6.07, 6.45) is 2.33. The maximum Gasteiger partial charge on any atom is 0.275 e. The minimum atomic E-state index is -0.414. The average molecular weight is 242 g/mol. The first-order valence-corrected chi connectivity index (χ1v) is 5.76. The van der Waals surface area contributed by atoms with Gasteiger partial charge in [-0.1, -0.05) is 31.2 Å². The van der Waals surface area contributed by atoms with Gasteiger partial charge in [0, 0.05) is 6.21 Å². The van der Waals surface area contributed by atoms with E-state index in [1.807, 2.05) is 31.2 Å². The molecule has 1 amide bonds. The zero-order chi connectivity index (χ0) is 13.0. The Morgan fingerprint density at radius 3 is 2.67 bits per heavy atom. The van der Waals surface area contributed by atoms with E-state index >= 15 is 0 Å². The number of fused-ring (bicyclic) bond motifs is 1. The first kappa shape index (κ1) is 12.1. The van der Waals surface area contributed by atoms with Crippen molar-refractivity contribution in [1.29, 1.82) is 0 Å². The van der Waals surface area contributed by atoms with E-state index < -0.39 is 5.91 Å². The highest BCUT2D eigenvalue weighted by Gasteiger charge is 2.11. The largest absolute Gasteiger partial charge is 0.507 e. The number of nitrogens with one attached hydrogen (secondary N) is 1. The monoisotopic (exact) mass is 242 g/mol. The number of nitrogens with zero attached hydrogens (tertiary/aromatic N) is 1. The molecule has 0 heterocycles. The zero-order valence-corrected chi connectivity index (χ0v) is 10.1. The molecule has 0 saturated heterocycles. The Labute approximate surface area is 105 Å². The predicted molar refractivity (Wildman–Crippen MR) is 71.9 cm³/mol. The summed E-state index contributed by atoms with van der Waals surface area (Å²) < 4.78 is 0. The van der Waals surface area contributed by atoms with Crippen molar-refractivity contribution in [3.63, 3.8) is 0 Å². The van der Waals surface area contributed by atoms with Crippen LogP contribution < -0.4 is 5.43 Å². The maximum absolute atomic E-state index is 11.8. The molecule has 0 saturated carbocycles. The number of phenols is 1. The Kier molecular flexibility index (Phi) is 3.57. The quantitative estimate of drug-likeness (QED) is 0.642. The molecule has 0 unspecified atom stereocenters. The third-order valence-corrected chi connectivity index (χ3v) is 2.55. The summed E-state index contributed by atoms with van der Waals surface area (Å²) in [4.78, 5) is 11.8. The number of rotatable bonds is 3. The molecule has 0 spiro atoms. The highest BCUT2D eigenvalue weighted by molar-refractivity contribution is 6.01. The molecule has 2 aromatic carbocycles. The van der Waals surface area contributed by atoms with Crippen LogP contribution in [0, 0.1) is 0 Å². The Bertz CT molecular complexity index is 606. The predicted octanol–water partition coefficient (Wildman–Crippen LogP) is 2.67. The summed E-state index contributed by atoms with van der Waals surface area (Å²) in [6, 6.07) is 10.8. The molecule has 2 aromatic rings. The van der Waals surface area contributed by atoms with Gasteiger partial charge in [0.05, 0.1) is 5.56 Å². The van der Waals surface area contributed by atoms with Crippen molar-refractivity contribution in [3.8, 4) is 5.75 Å². The van der Waals surface area contributed by atoms with Crippen molar-refractivity contribution >= 4 is 22.9 Å². The molecule has 0 aliphatic rings. The van der Waals surface area contributed by atoms with E-state index in [9.17, 15) is 9.90 Å². The molecular formula is C14H14N2O2. The zero-order valence-electron chi connectivity index (χ0n) is 10.1. The molecule has 0 fully saturated rings. The molecule has 0 radical (unpaired) electrons. The van der Waals surface area contributed by atoms with Crippen molar-refractivity contribution in [1.82, 2.24) is 5.43 Å². The summed E-state index contributed by atoms with van der Waals surface area (Å²) in [6.45, 7) is 1.92. The SMILES string of the molecule is CC/C=N\NC(=O)c1cc2ccccc2cc1O. The summed E-state index contributed by atoms with van der Waals surface area (Å²) in [7, 11) is 0. The number of benzene rings is 2. The molecule has 92 valence electrons. The minimum Gasteiger partial charge on any atom is -0.507 e. The van der Waals surface area contributed by atoms with E-state index in [0.29, 0.717) is 0 Å². The van der Waals surface area contributed by atoms with Gasteiger partial charge in [0.2, 0.25) is 0 Å². The van der Waals surface area contributed by atoms with Gasteiger partial charge in [0.25, 0.3) is 5.91 Å². The Hall–Kier alpha value is -2.36. The van der Waals surface area contributed by atoms with Crippen LogP contribution in [0.2, 0.25) is 0 Å². The number of carbonyl (C=O) groups excluding carboxylic acids is 1. The summed E-state index contributed by atoms with van der Waals surface area (Å²) in [5.41, 5.74) is 2.60. The van der Waals surface area contributed by atoms with Crippen LogP contribution in [0.5, 0.6) is 5.75 Å².